The molecule has 1 aliphatic rings. The monoisotopic (exact) mass is 293 g/mol. The summed E-state index contributed by atoms with van der Waals surface area (Å²) >= 11 is 1.69. The van der Waals surface area contributed by atoms with E-state index in [9.17, 15) is 5.11 Å². The second-order valence-corrected chi connectivity index (χ2v) is 6.72. The minimum absolute atomic E-state index is 0.120. The van der Waals surface area contributed by atoms with Gasteiger partial charge in [0.05, 0.1) is 17.5 Å². The van der Waals surface area contributed by atoms with Gasteiger partial charge in [-0.05, 0) is 32.6 Å². The first-order valence-electron chi connectivity index (χ1n) is 7.47. The molecule has 0 radical (unpaired) electrons. The summed E-state index contributed by atoms with van der Waals surface area (Å²) in [6.45, 7) is 5.93. The van der Waals surface area contributed by atoms with Crippen molar-refractivity contribution in [2.75, 3.05) is 6.54 Å². The molecule has 0 amide bonds. The summed E-state index contributed by atoms with van der Waals surface area (Å²) in [7, 11) is 0. The Labute approximate surface area is 123 Å². The molecule has 0 aromatic carbocycles. The average Bonchev–Trinajstić information content (AvgIpc) is 2.93. The Bertz CT molecular complexity index is 589. The number of aliphatic hydroxyl groups is 1. The SMILES string of the molecule is Cc1nc2scc(C)n2c1CNCC1CCCCC1O. The van der Waals surface area contributed by atoms with Gasteiger partial charge in [0.2, 0.25) is 0 Å². The predicted molar refractivity (Wildman–Crippen MR) is 82.2 cm³/mol. The fourth-order valence-electron chi connectivity index (χ4n) is 3.18. The van der Waals surface area contributed by atoms with Gasteiger partial charge < -0.3 is 10.4 Å². The Hall–Kier alpha value is -0.910. The van der Waals surface area contributed by atoms with E-state index in [0.29, 0.717) is 5.92 Å². The number of fused-ring (bicyclic) bond motifs is 1. The quantitative estimate of drug-likeness (QED) is 0.911. The first-order valence-corrected chi connectivity index (χ1v) is 8.35. The van der Waals surface area contributed by atoms with Crippen molar-refractivity contribution in [3.63, 3.8) is 0 Å². The highest BCUT2D eigenvalue weighted by atomic mass is 32.1. The molecule has 2 N–H and O–H groups in total. The third kappa shape index (κ3) is 2.62. The summed E-state index contributed by atoms with van der Waals surface area (Å²) in [5, 5.41) is 15.7. The van der Waals surface area contributed by atoms with E-state index < -0.39 is 0 Å². The van der Waals surface area contributed by atoms with E-state index in [1.165, 1.54) is 24.2 Å². The van der Waals surface area contributed by atoms with Crippen molar-refractivity contribution in [3.8, 4) is 0 Å². The maximum absolute atomic E-state index is 10.0. The number of thiazole rings is 1. The summed E-state index contributed by atoms with van der Waals surface area (Å²) in [6, 6.07) is 0. The standard InChI is InChI=1S/C15H23N3OS/c1-10-9-20-15-17-11(2)13(18(10)15)8-16-7-12-5-3-4-6-14(12)19/h9,12,14,16,19H,3-8H2,1-2H3. The molecule has 2 unspecified atom stereocenters. The van der Waals surface area contributed by atoms with Gasteiger partial charge >= 0.3 is 0 Å². The molecule has 0 saturated heterocycles. The lowest BCUT2D eigenvalue weighted by molar-refractivity contribution is 0.0694. The number of rotatable bonds is 4. The highest BCUT2D eigenvalue weighted by Crippen LogP contribution is 2.24. The second kappa shape index (κ2) is 5.84. The fraction of sp³-hybridized carbons (Fsp3) is 0.667. The molecule has 3 rings (SSSR count). The van der Waals surface area contributed by atoms with Crippen LogP contribution < -0.4 is 5.32 Å². The van der Waals surface area contributed by atoms with Crippen LogP contribution in [0, 0.1) is 19.8 Å². The Morgan fingerprint density at radius 2 is 2.20 bits per heavy atom. The maximum Gasteiger partial charge on any atom is 0.194 e. The van der Waals surface area contributed by atoms with Crippen LogP contribution in [0.5, 0.6) is 0 Å². The zero-order valence-electron chi connectivity index (χ0n) is 12.2. The molecule has 1 saturated carbocycles. The topological polar surface area (TPSA) is 49.6 Å². The van der Waals surface area contributed by atoms with Gasteiger partial charge in [0.25, 0.3) is 0 Å². The Kier molecular flexibility index (Phi) is 4.10. The lowest BCUT2D eigenvalue weighted by atomic mass is 9.86. The summed E-state index contributed by atoms with van der Waals surface area (Å²) in [4.78, 5) is 5.68. The molecule has 5 heteroatoms. The van der Waals surface area contributed by atoms with Crippen molar-refractivity contribution in [1.82, 2.24) is 14.7 Å². The molecule has 2 aromatic heterocycles. The average molecular weight is 293 g/mol. The Morgan fingerprint density at radius 1 is 1.40 bits per heavy atom. The van der Waals surface area contributed by atoms with Crippen molar-refractivity contribution in [2.45, 2.75) is 52.2 Å². The van der Waals surface area contributed by atoms with Gasteiger partial charge in [-0.2, -0.15) is 0 Å². The van der Waals surface area contributed by atoms with E-state index in [1.54, 1.807) is 11.3 Å². The van der Waals surface area contributed by atoms with Crippen LogP contribution in [0.25, 0.3) is 4.96 Å². The molecule has 0 aliphatic heterocycles. The molecule has 4 nitrogen and oxygen atoms in total. The number of hydrogen-bond donors (Lipinski definition) is 2. The second-order valence-electron chi connectivity index (χ2n) is 5.88. The van der Waals surface area contributed by atoms with E-state index in [2.05, 4.69) is 33.9 Å². The van der Waals surface area contributed by atoms with Gasteiger partial charge in [0.1, 0.15) is 0 Å². The number of hydrogen-bond acceptors (Lipinski definition) is 4. The molecule has 2 atom stereocenters. The minimum Gasteiger partial charge on any atom is -0.393 e. The molecule has 2 heterocycles. The highest BCUT2D eigenvalue weighted by Gasteiger charge is 2.22. The van der Waals surface area contributed by atoms with Crippen molar-refractivity contribution in [1.29, 1.82) is 0 Å². The minimum atomic E-state index is -0.120. The summed E-state index contributed by atoms with van der Waals surface area (Å²) < 4.78 is 2.24. The lowest BCUT2D eigenvalue weighted by Gasteiger charge is -2.27. The number of aliphatic hydroxyl groups excluding tert-OH is 1. The van der Waals surface area contributed by atoms with E-state index in [1.807, 2.05) is 0 Å². The zero-order chi connectivity index (χ0) is 14.1. The third-order valence-electron chi connectivity index (χ3n) is 4.40. The molecule has 0 spiro atoms. The van der Waals surface area contributed by atoms with Crippen LogP contribution in [0.15, 0.2) is 5.38 Å². The van der Waals surface area contributed by atoms with Crippen LogP contribution in [0.2, 0.25) is 0 Å². The van der Waals surface area contributed by atoms with Crippen LogP contribution in [0.3, 0.4) is 0 Å². The molecular weight excluding hydrogens is 270 g/mol. The molecule has 110 valence electrons. The Balaban J connectivity index is 1.65. The van der Waals surface area contributed by atoms with Crippen LogP contribution in [0.4, 0.5) is 0 Å². The fourth-order valence-corrected chi connectivity index (χ4v) is 4.11. The van der Waals surface area contributed by atoms with Crippen molar-refractivity contribution >= 4 is 16.3 Å². The molecule has 0 bridgehead atoms. The summed E-state index contributed by atoms with van der Waals surface area (Å²) in [5.74, 6) is 0.413. The summed E-state index contributed by atoms with van der Waals surface area (Å²) in [5.41, 5.74) is 3.61. The van der Waals surface area contributed by atoms with Crippen LogP contribution >= 0.6 is 11.3 Å². The number of nitrogens with zero attached hydrogens (tertiary/aromatic N) is 2. The first kappa shape index (κ1) is 14.0. The van der Waals surface area contributed by atoms with Crippen molar-refractivity contribution < 1.29 is 5.11 Å². The molecule has 1 fully saturated rings. The van der Waals surface area contributed by atoms with Gasteiger partial charge in [-0.3, -0.25) is 4.40 Å². The van der Waals surface area contributed by atoms with E-state index >= 15 is 0 Å². The molecule has 20 heavy (non-hydrogen) atoms. The third-order valence-corrected chi connectivity index (χ3v) is 5.34. The molecule has 2 aromatic rings. The van der Waals surface area contributed by atoms with E-state index in [-0.39, 0.29) is 6.10 Å². The maximum atomic E-state index is 10.0. The number of aromatic nitrogens is 2. The zero-order valence-corrected chi connectivity index (χ0v) is 13.0. The largest absolute Gasteiger partial charge is 0.393 e. The van der Waals surface area contributed by atoms with E-state index in [0.717, 1.165) is 36.6 Å². The van der Waals surface area contributed by atoms with Crippen molar-refractivity contribution in [3.05, 3.63) is 22.5 Å². The Morgan fingerprint density at radius 3 is 3.00 bits per heavy atom. The van der Waals surface area contributed by atoms with Gasteiger partial charge in [0.15, 0.2) is 4.96 Å². The van der Waals surface area contributed by atoms with Gasteiger partial charge in [-0.15, -0.1) is 11.3 Å². The van der Waals surface area contributed by atoms with Gasteiger partial charge in [-0.25, -0.2) is 4.98 Å². The first-order chi connectivity index (χ1) is 9.66. The lowest BCUT2D eigenvalue weighted by Crippen LogP contribution is -2.33. The number of imidazole rings is 1. The normalized spacial score (nSPS) is 23.6. The van der Waals surface area contributed by atoms with Crippen LogP contribution in [-0.2, 0) is 6.54 Å². The smallest absolute Gasteiger partial charge is 0.194 e. The number of aryl methyl sites for hydroxylation is 2. The summed E-state index contributed by atoms with van der Waals surface area (Å²) in [6.07, 6.45) is 4.42. The van der Waals surface area contributed by atoms with Crippen LogP contribution in [-0.4, -0.2) is 27.1 Å². The van der Waals surface area contributed by atoms with Gasteiger partial charge in [0, 0.05) is 24.2 Å². The van der Waals surface area contributed by atoms with Gasteiger partial charge in [-0.1, -0.05) is 12.8 Å². The molecule has 1 aliphatic carbocycles. The molecular formula is C15H23N3OS. The van der Waals surface area contributed by atoms with E-state index in [4.69, 9.17) is 0 Å². The number of nitrogens with one attached hydrogen (secondary N) is 1. The van der Waals surface area contributed by atoms with Crippen LogP contribution in [0.1, 0.15) is 42.8 Å². The predicted octanol–water partition coefficient (Wildman–Crippen LogP) is 2.65. The highest BCUT2D eigenvalue weighted by molar-refractivity contribution is 7.15. The van der Waals surface area contributed by atoms with Crippen molar-refractivity contribution in [2.24, 2.45) is 5.92 Å².